The molecule has 1 aromatic heterocycles. The summed E-state index contributed by atoms with van der Waals surface area (Å²) in [6.07, 6.45) is 12.5. The molecular formula is C30H44ClN3O2. The van der Waals surface area contributed by atoms with Crippen LogP contribution >= 0.6 is 11.6 Å². The molecule has 0 spiro atoms. The number of ketones is 1. The van der Waals surface area contributed by atoms with Gasteiger partial charge in [0.2, 0.25) is 0 Å². The SMILES string of the molecule is C[C@@H]1CC[C@H](C(=O)Cn2nc3ccc(Cl)cc3n2)[C@@]1(C)CC[C@H]1CCC[C@H]2C[C@](C)(O)CC[C@@]1(C)C2. The summed E-state index contributed by atoms with van der Waals surface area (Å²) in [6, 6.07) is 5.47. The zero-order chi connectivity index (χ0) is 25.7. The fraction of sp³-hybridized carbons (Fsp3) is 0.767. The van der Waals surface area contributed by atoms with Crippen molar-refractivity contribution in [1.29, 1.82) is 0 Å². The second-order valence-electron chi connectivity index (χ2n) is 13.5. The highest BCUT2D eigenvalue weighted by Gasteiger charge is 2.49. The zero-order valence-electron chi connectivity index (χ0n) is 22.6. The van der Waals surface area contributed by atoms with Crippen LogP contribution in [0.4, 0.5) is 0 Å². The monoisotopic (exact) mass is 513 g/mol. The minimum Gasteiger partial charge on any atom is -0.390 e. The Morgan fingerprint density at radius 3 is 2.67 bits per heavy atom. The predicted octanol–water partition coefficient (Wildman–Crippen LogP) is 7.23. The quantitative estimate of drug-likeness (QED) is 0.442. The third-order valence-electron chi connectivity index (χ3n) is 10.8. The van der Waals surface area contributed by atoms with E-state index >= 15 is 0 Å². The van der Waals surface area contributed by atoms with Gasteiger partial charge in [-0.1, -0.05) is 45.2 Å². The maximum Gasteiger partial charge on any atom is 0.159 e. The van der Waals surface area contributed by atoms with E-state index in [9.17, 15) is 9.90 Å². The molecule has 0 aliphatic heterocycles. The molecule has 7 atom stereocenters. The minimum absolute atomic E-state index is 0.0191. The highest BCUT2D eigenvalue weighted by Crippen LogP contribution is 2.56. The first kappa shape index (κ1) is 26.2. The Kier molecular flexibility index (Phi) is 7.04. The maximum atomic E-state index is 13.6. The van der Waals surface area contributed by atoms with Crippen LogP contribution in [0.15, 0.2) is 18.2 Å². The Hall–Kier alpha value is -1.46. The lowest BCUT2D eigenvalue weighted by Gasteiger charge is -2.41. The lowest BCUT2D eigenvalue weighted by Crippen LogP contribution is -2.36. The molecule has 3 aliphatic rings. The van der Waals surface area contributed by atoms with Gasteiger partial charge < -0.3 is 5.11 Å². The minimum atomic E-state index is -0.509. The summed E-state index contributed by atoms with van der Waals surface area (Å²) >= 11 is 6.11. The summed E-state index contributed by atoms with van der Waals surface area (Å²) in [5.74, 6) is 2.20. The van der Waals surface area contributed by atoms with Crippen molar-refractivity contribution in [2.24, 2.45) is 34.5 Å². The largest absolute Gasteiger partial charge is 0.390 e. The van der Waals surface area contributed by atoms with E-state index in [1.807, 2.05) is 19.1 Å². The van der Waals surface area contributed by atoms with Gasteiger partial charge in [-0.3, -0.25) is 4.79 Å². The summed E-state index contributed by atoms with van der Waals surface area (Å²) in [6.45, 7) is 9.51. The number of carbonyl (C=O) groups excluding carboxylic acids is 1. The van der Waals surface area contributed by atoms with Gasteiger partial charge in [0.1, 0.15) is 17.6 Å². The third-order valence-corrected chi connectivity index (χ3v) is 11.0. The first-order valence-electron chi connectivity index (χ1n) is 14.2. The average molecular weight is 514 g/mol. The molecule has 1 N–H and O–H groups in total. The summed E-state index contributed by atoms with van der Waals surface area (Å²) in [5.41, 5.74) is 1.33. The fourth-order valence-corrected chi connectivity index (χ4v) is 8.45. The molecule has 1 aromatic carbocycles. The molecule has 0 unspecified atom stereocenters. The van der Waals surface area contributed by atoms with Crippen LogP contribution in [0.1, 0.15) is 98.3 Å². The van der Waals surface area contributed by atoms with Crippen molar-refractivity contribution in [3.05, 3.63) is 23.2 Å². The summed E-state index contributed by atoms with van der Waals surface area (Å²) in [5, 5.41) is 20.6. The number of rotatable bonds is 6. The topological polar surface area (TPSA) is 68.0 Å². The molecule has 3 saturated carbocycles. The van der Waals surface area contributed by atoms with Crippen molar-refractivity contribution in [3.63, 3.8) is 0 Å². The average Bonchev–Trinajstić information content (AvgIpc) is 3.24. The van der Waals surface area contributed by atoms with E-state index in [-0.39, 0.29) is 23.7 Å². The number of carbonyl (C=O) groups is 1. The molecule has 0 saturated heterocycles. The lowest BCUT2D eigenvalue weighted by molar-refractivity contribution is -0.127. The summed E-state index contributed by atoms with van der Waals surface area (Å²) in [4.78, 5) is 15.2. The molecule has 198 valence electrons. The first-order chi connectivity index (χ1) is 17.0. The van der Waals surface area contributed by atoms with Gasteiger partial charge in [-0.05, 0) is 111 Å². The normalized spacial score (nSPS) is 39.2. The van der Waals surface area contributed by atoms with Gasteiger partial charge >= 0.3 is 0 Å². The van der Waals surface area contributed by atoms with Crippen LogP contribution in [-0.4, -0.2) is 31.5 Å². The Labute approximate surface area is 221 Å². The molecule has 5 nitrogen and oxygen atoms in total. The van der Waals surface area contributed by atoms with Crippen LogP contribution in [-0.2, 0) is 11.3 Å². The smallest absolute Gasteiger partial charge is 0.159 e. The number of benzene rings is 1. The standard InChI is InChI=1S/C30H44ClN3O2/c1-20-8-10-24(27(35)19-34-32-25-11-9-23(31)16-26(25)33-34)30(20,4)13-12-22-7-5-6-21-17-28(22,2)14-15-29(3,36)18-21/h9,11,16,20-22,24,36H,5-8,10,12-15,17-19H2,1-4H3/t20-,21-,22-,24-,28+,29-,30+/m1/s1. The summed E-state index contributed by atoms with van der Waals surface area (Å²) < 4.78 is 0. The number of hydrogen-bond donors (Lipinski definition) is 1. The number of fused-ring (bicyclic) bond motifs is 3. The molecule has 36 heavy (non-hydrogen) atoms. The van der Waals surface area contributed by atoms with E-state index in [1.165, 1.54) is 32.1 Å². The Morgan fingerprint density at radius 2 is 1.86 bits per heavy atom. The number of hydrogen-bond acceptors (Lipinski definition) is 4. The van der Waals surface area contributed by atoms with Gasteiger partial charge in [-0.2, -0.15) is 15.0 Å². The number of aromatic nitrogens is 3. The third kappa shape index (κ3) is 5.12. The van der Waals surface area contributed by atoms with E-state index in [4.69, 9.17) is 11.6 Å². The van der Waals surface area contributed by atoms with Crippen molar-refractivity contribution in [3.8, 4) is 0 Å². The van der Waals surface area contributed by atoms with Gasteiger partial charge in [0.15, 0.2) is 5.78 Å². The molecule has 0 radical (unpaired) electrons. The van der Waals surface area contributed by atoms with Crippen molar-refractivity contribution in [2.75, 3.05) is 0 Å². The van der Waals surface area contributed by atoms with Gasteiger partial charge in [-0.25, -0.2) is 0 Å². The highest BCUT2D eigenvalue weighted by atomic mass is 35.5. The van der Waals surface area contributed by atoms with Gasteiger partial charge in [-0.15, -0.1) is 0 Å². The van der Waals surface area contributed by atoms with Crippen LogP contribution in [0.25, 0.3) is 11.0 Å². The second kappa shape index (κ2) is 9.69. The second-order valence-corrected chi connectivity index (χ2v) is 13.9. The van der Waals surface area contributed by atoms with Crippen molar-refractivity contribution < 1.29 is 9.90 Å². The van der Waals surface area contributed by atoms with Crippen molar-refractivity contribution >= 4 is 28.4 Å². The highest BCUT2D eigenvalue weighted by molar-refractivity contribution is 6.31. The van der Waals surface area contributed by atoms with Crippen LogP contribution in [0.3, 0.4) is 0 Å². The van der Waals surface area contributed by atoms with Gasteiger partial charge in [0.25, 0.3) is 0 Å². The maximum absolute atomic E-state index is 13.6. The molecule has 2 aromatic rings. The molecule has 5 rings (SSSR count). The molecule has 2 bridgehead atoms. The molecular weight excluding hydrogens is 470 g/mol. The van der Waals surface area contributed by atoms with Crippen LogP contribution in [0.2, 0.25) is 5.02 Å². The zero-order valence-corrected chi connectivity index (χ0v) is 23.4. The van der Waals surface area contributed by atoms with Crippen LogP contribution < -0.4 is 0 Å². The predicted molar refractivity (Wildman–Crippen MR) is 145 cm³/mol. The van der Waals surface area contributed by atoms with E-state index in [0.29, 0.717) is 28.2 Å². The van der Waals surface area contributed by atoms with Crippen molar-refractivity contribution in [1.82, 2.24) is 15.0 Å². The van der Waals surface area contributed by atoms with Gasteiger partial charge in [0.05, 0.1) is 5.60 Å². The molecule has 0 amide bonds. The van der Waals surface area contributed by atoms with Crippen LogP contribution in [0.5, 0.6) is 0 Å². The first-order valence-corrected chi connectivity index (χ1v) is 14.6. The summed E-state index contributed by atoms with van der Waals surface area (Å²) in [7, 11) is 0. The number of halogens is 1. The Morgan fingerprint density at radius 1 is 1.08 bits per heavy atom. The van der Waals surface area contributed by atoms with Crippen molar-refractivity contribution in [2.45, 2.75) is 110 Å². The van der Waals surface area contributed by atoms with E-state index < -0.39 is 5.60 Å². The lowest BCUT2D eigenvalue weighted by atomic mass is 9.63. The molecule has 6 heteroatoms. The number of Topliss-reactive ketones (excluding diaryl/α,β-unsaturated/α-hetero) is 1. The number of aliphatic hydroxyl groups is 1. The Balaban J connectivity index is 1.29. The van der Waals surface area contributed by atoms with E-state index in [2.05, 4.69) is 31.0 Å². The van der Waals surface area contributed by atoms with E-state index in [0.717, 1.165) is 49.6 Å². The number of nitrogens with zero attached hydrogens (tertiary/aromatic N) is 3. The Bertz CT molecular complexity index is 1110. The molecule has 3 aliphatic carbocycles. The van der Waals surface area contributed by atoms with E-state index in [1.54, 1.807) is 10.9 Å². The molecule has 1 heterocycles. The van der Waals surface area contributed by atoms with Crippen LogP contribution in [0, 0.1) is 34.5 Å². The van der Waals surface area contributed by atoms with Gasteiger partial charge in [0, 0.05) is 10.9 Å². The fourth-order valence-electron chi connectivity index (χ4n) is 8.29. The molecule has 3 fully saturated rings.